The first-order valence-corrected chi connectivity index (χ1v) is 4.28. The smallest absolute Gasteiger partial charge is 0.0955 e. The molecule has 2 aromatic rings. The minimum atomic E-state index is 0.256. The predicted octanol–water partition coefficient (Wildman–Crippen LogP) is 2.39. The number of hydrogen-bond acceptors (Lipinski definition) is 2. The van der Waals surface area contributed by atoms with Crippen LogP contribution < -0.4 is 5.43 Å². The highest BCUT2D eigenvalue weighted by Crippen LogP contribution is 2.13. The fourth-order valence-electron chi connectivity index (χ4n) is 1.24. The van der Waals surface area contributed by atoms with Gasteiger partial charge in [-0.15, -0.1) is 0 Å². The second kappa shape index (κ2) is 3.39. The molecule has 0 spiro atoms. The second-order valence-corrected chi connectivity index (χ2v) is 3.00. The molecule has 0 fully saturated rings. The van der Waals surface area contributed by atoms with E-state index in [1.165, 1.54) is 0 Å². The fourth-order valence-corrected chi connectivity index (χ4v) is 1.24. The molecule has 1 atom stereocenters. The summed E-state index contributed by atoms with van der Waals surface area (Å²) in [6.07, 6.45) is 7.37. The van der Waals surface area contributed by atoms with Gasteiger partial charge in [-0.25, -0.2) is 0 Å². The van der Waals surface area contributed by atoms with Crippen molar-refractivity contribution in [3.63, 3.8) is 0 Å². The summed E-state index contributed by atoms with van der Waals surface area (Å²) in [6.45, 7) is 2.09. The zero-order chi connectivity index (χ0) is 9.10. The number of rotatable bonds is 3. The maximum atomic E-state index is 5.01. The Balaban J connectivity index is 2.04. The van der Waals surface area contributed by atoms with Gasteiger partial charge in [0, 0.05) is 18.0 Å². The standard InChI is InChI=1S/C10H12N2O/c1-9(10-4-7-13-8-10)11-12-5-2-3-6-12/h2-9,11H,1H3. The first-order chi connectivity index (χ1) is 6.36. The molecule has 2 aromatic heterocycles. The topological polar surface area (TPSA) is 30.1 Å². The van der Waals surface area contributed by atoms with Gasteiger partial charge >= 0.3 is 0 Å². The van der Waals surface area contributed by atoms with Crippen molar-refractivity contribution < 1.29 is 4.42 Å². The summed E-state index contributed by atoms with van der Waals surface area (Å²) in [4.78, 5) is 0. The Morgan fingerprint density at radius 1 is 1.38 bits per heavy atom. The summed E-state index contributed by atoms with van der Waals surface area (Å²) >= 11 is 0. The number of nitrogens with zero attached hydrogens (tertiary/aromatic N) is 1. The van der Waals surface area contributed by atoms with Gasteiger partial charge in [-0.2, -0.15) is 0 Å². The molecular formula is C10H12N2O. The number of nitrogens with one attached hydrogen (secondary N) is 1. The Labute approximate surface area is 77.0 Å². The zero-order valence-corrected chi connectivity index (χ0v) is 7.47. The van der Waals surface area contributed by atoms with E-state index in [2.05, 4.69) is 12.3 Å². The molecule has 1 N–H and O–H groups in total. The Morgan fingerprint density at radius 3 is 2.77 bits per heavy atom. The third kappa shape index (κ3) is 1.75. The normalized spacial score (nSPS) is 12.7. The molecule has 1 unspecified atom stereocenters. The second-order valence-electron chi connectivity index (χ2n) is 3.00. The van der Waals surface area contributed by atoms with Gasteiger partial charge in [0.1, 0.15) is 0 Å². The summed E-state index contributed by atoms with van der Waals surface area (Å²) in [7, 11) is 0. The van der Waals surface area contributed by atoms with Crippen LogP contribution in [0, 0.1) is 0 Å². The third-order valence-corrected chi connectivity index (χ3v) is 1.99. The van der Waals surface area contributed by atoms with Gasteiger partial charge in [0.15, 0.2) is 0 Å². The molecule has 3 heteroatoms. The van der Waals surface area contributed by atoms with Gasteiger partial charge in [0.05, 0.1) is 18.6 Å². The van der Waals surface area contributed by atoms with Crippen molar-refractivity contribution in [1.29, 1.82) is 0 Å². The number of furan rings is 1. The lowest BCUT2D eigenvalue weighted by Crippen LogP contribution is -2.16. The number of hydrogen-bond donors (Lipinski definition) is 1. The SMILES string of the molecule is CC(Nn1cccc1)c1ccoc1. The molecule has 0 aliphatic carbocycles. The molecule has 0 aliphatic rings. The Morgan fingerprint density at radius 2 is 2.15 bits per heavy atom. The van der Waals surface area contributed by atoms with Gasteiger partial charge in [-0.05, 0) is 25.1 Å². The van der Waals surface area contributed by atoms with Gasteiger partial charge in [0.2, 0.25) is 0 Å². The Kier molecular flexibility index (Phi) is 2.08. The summed E-state index contributed by atoms with van der Waals surface area (Å²) in [5, 5.41) is 0. The summed E-state index contributed by atoms with van der Waals surface area (Å²) < 4.78 is 6.93. The van der Waals surface area contributed by atoms with Crippen LogP contribution in [0.15, 0.2) is 47.5 Å². The van der Waals surface area contributed by atoms with Crippen LogP contribution in [-0.4, -0.2) is 4.68 Å². The third-order valence-electron chi connectivity index (χ3n) is 1.99. The molecule has 0 radical (unpaired) electrons. The molecule has 68 valence electrons. The molecule has 0 aromatic carbocycles. The first kappa shape index (κ1) is 7.98. The van der Waals surface area contributed by atoms with Crippen LogP contribution in [0.5, 0.6) is 0 Å². The summed E-state index contributed by atoms with van der Waals surface area (Å²) in [6, 6.07) is 6.18. The van der Waals surface area contributed by atoms with Crippen molar-refractivity contribution in [3.8, 4) is 0 Å². The molecule has 0 bridgehead atoms. The van der Waals surface area contributed by atoms with E-state index in [0.717, 1.165) is 5.56 Å². The van der Waals surface area contributed by atoms with Crippen molar-refractivity contribution in [2.75, 3.05) is 5.43 Å². The van der Waals surface area contributed by atoms with Crippen molar-refractivity contribution >= 4 is 0 Å². The lowest BCUT2D eigenvalue weighted by Gasteiger charge is -2.13. The molecule has 0 aliphatic heterocycles. The van der Waals surface area contributed by atoms with E-state index in [9.17, 15) is 0 Å². The van der Waals surface area contributed by atoms with E-state index in [4.69, 9.17) is 4.42 Å². The van der Waals surface area contributed by atoms with Crippen LogP contribution in [0.2, 0.25) is 0 Å². The molecule has 13 heavy (non-hydrogen) atoms. The van der Waals surface area contributed by atoms with Crippen molar-refractivity contribution in [2.24, 2.45) is 0 Å². The minimum Gasteiger partial charge on any atom is -0.472 e. The van der Waals surface area contributed by atoms with E-state index >= 15 is 0 Å². The lowest BCUT2D eigenvalue weighted by molar-refractivity contribution is 0.560. The summed E-state index contributed by atoms with van der Waals surface area (Å²) in [5.41, 5.74) is 4.43. The molecular weight excluding hydrogens is 164 g/mol. The van der Waals surface area contributed by atoms with Crippen LogP contribution in [0.3, 0.4) is 0 Å². The maximum Gasteiger partial charge on any atom is 0.0955 e. The molecule has 2 heterocycles. The molecule has 0 saturated heterocycles. The van der Waals surface area contributed by atoms with E-state index in [0.29, 0.717) is 0 Å². The highest BCUT2D eigenvalue weighted by atomic mass is 16.3. The van der Waals surface area contributed by atoms with E-state index in [1.54, 1.807) is 12.5 Å². The zero-order valence-electron chi connectivity index (χ0n) is 7.47. The van der Waals surface area contributed by atoms with Crippen LogP contribution in [0.25, 0.3) is 0 Å². The average molecular weight is 176 g/mol. The molecule has 0 saturated carbocycles. The molecule has 2 rings (SSSR count). The highest BCUT2D eigenvalue weighted by molar-refractivity contribution is 5.13. The fraction of sp³-hybridized carbons (Fsp3) is 0.200. The van der Waals surface area contributed by atoms with Crippen LogP contribution in [-0.2, 0) is 0 Å². The Bertz CT molecular complexity index is 337. The largest absolute Gasteiger partial charge is 0.472 e. The van der Waals surface area contributed by atoms with Gasteiger partial charge in [-0.3, -0.25) is 4.68 Å². The van der Waals surface area contributed by atoms with Crippen molar-refractivity contribution in [2.45, 2.75) is 13.0 Å². The van der Waals surface area contributed by atoms with Crippen LogP contribution >= 0.6 is 0 Å². The maximum absolute atomic E-state index is 5.01. The van der Waals surface area contributed by atoms with E-state index in [-0.39, 0.29) is 6.04 Å². The van der Waals surface area contributed by atoms with E-state index in [1.807, 2.05) is 35.3 Å². The van der Waals surface area contributed by atoms with Crippen LogP contribution in [0.4, 0.5) is 0 Å². The minimum absolute atomic E-state index is 0.256. The summed E-state index contributed by atoms with van der Waals surface area (Å²) in [5.74, 6) is 0. The first-order valence-electron chi connectivity index (χ1n) is 4.28. The van der Waals surface area contributed by atoms with Crippen LogP contribution in [0.1, 0.15) is 18.5 Å². The van der Waals surface area contributed by atoms with Gasteiger partial charge < -0.3 is 9.84 Å². The van der Waals surface area contributed by atoms with Gasteiger partial charge in [-0.1, -0.05) is 0 Å². The quantitative estimate of drug-likeness (QED) is 0.778. The molecule has 0 amide bonds. The monoisotopic (exact) mass is 176 g/mol. The van der Waals surface area contributed by atoms with Gasteiger partial charge in [0.25, 0.3) is 0 Å². The average Bonchev–Trinajstić information content (AvgIpc) is 2.74. The molecule has 3 nitrogen and oxygen atoms in total. The predicted molar refractivity (Wildman–Crippen MR) is 50.9 cm³/mol. The lowest BCUT2D eigenvalue weighted by atomic mass is 10.2. The van der Waals surface area contributed by atoms with Crippen molar-refractivity contribution in [3.05, 3.63) is 48.7 Å². The Hall–Kier alpha value is -1.64. The van der Waals surface area contributed by atoms with E-state index < -0.39 is 0 Å². The number of aromatic nitrogens is 1. The highest BCUT2D eigenvalue weighted by Gasteiger charge is 2.04. The van der Waals surface area contributed by atoms with Crippen molar-refractivity contribution in [1.82, 2.24) is 4.68 Å².